The maximum absolute atomic E-state index is 5.37. The minimum absolute atomic E-state index is 0.144. The van der Waals surface area contributed by atoms with Gasteiger partial charge in [-0.15, -0.1) is 0 Å². The van der Waals surface area contributed by atoms with Gasteiger partial charge in [0.1, 0.15) is 11.5 Å². The number of aryl methyl sites for hydroxylation is 1. The van der Waals surface area contributed by atoms with Gasteiger partial charge in [-0.2, -0.15) is 0 Å². The van der Waals surface area contributed by atoms with Crippen molar-refractivity contribution in [3.63, 3.8) is 0 Å². The molecule has 2 rings (SSSR count). The Balaban J connectivity index is 2.01. The number of nitrogens with one attached hydrogen (secondary N) is 2. The van der Waals surface area contributed by atoms with Crippen LogP contribution in [0.1, 0.15) is 32.3 Å². The molecule has 0 saturated carbocycles. The summed E-state index contributed by atoms with van der Waals surface area (Å²) in [6.45, 7) is 9.41. The molecule has 0 bridgehead atoms. The van der Waals surface area contributed by atoms with E-state index in [2.05, 4.69) is 36.1 Å². The molecule has 4 nitrogen and oxygen atoms in total. The van der Waals surface area contributed by atoms with Crippen molar-refractivity contribution in [2.24, 2.45) is 0 Å². The van der Waals surface area contributed by atoms with Crippen molar-refractivity contribution in [2.45, 2.75) is 39.7 Å². The largest absolute Gasteiger partial charge is 0.463 e. The average molecular weight is 247 g/mol. The summed E-state index contributed by atoms with van der Waals surface area (Å²) in [5, 5.41) is 3.45. The Morgan fingerprint density at radius 3 is 2.78 bits per heavy atom. The molecule has 0 unspecified atom stereocenters. The summed E-state index contributed by atoms with van der Waals surface area (Å²) < 4.78 is 5.37. The fourth-order valence-corrected chi connectivity index (χ4v) is 1.85. The van der Waals surface area contributed by atoms with Gasteiger partial charge in [0.05, 0.1) is 6.26 Å². The van der Waals surface area contributed by atoms with Gasteiger partial charge in [0, 0.05) is 24.2 Å². The van der Waals surface area contributed by atoms with Crippen LogP contribution in [0.4, 0.5) is 0 Å². The first-order valence-corrected chi connectivity index (χ1v) is 6.30. The summed E-state index contributed by atoms with van der Waals surface area (Å²) in [6, 6.07) is 3.81. The maximum atomic E-state index is 5.37. The average Bonchev–Trinajstić information content (AvgIpc) is 2.85. The number of H-pyrrole nitrogens is 1. The number of nitrogens with zero attached hydrogens (tertiary/aromatic N) is 1. The number of hydrogen-bond donors (Lipinski definition) is 2. The van der Waals surface area contributed by atoms with Gasteiger partial charge in [-0.05, 0) is 39.8 Å². The molecule has 0 radical (unpaired) electrons. The molecule has 2 N–H and O–H groups in total. The molecule has 2 aromatic heterocycles. The molecule has 2 aromatic rings. The van der Waals surface area contributed by atoms with Crippen LogP contribution in [-0.4, -0.2) is 22.1 Å². The topological polar surface area (TPSA) is 53.9 Å². The standard InChI is InChI=1S/C14H21N3O/c1-10-13(11-6-5-9-18-11)17-12(16-10)7-8-15-14(2,3)4/h5-6,9,15H,7-8H2,1-4H3,(H,16,17). The van der Waals surface area contributed by atoms with Crippen molar-refractivity contribution in [3.05, 3.63) is 29.9 Å². The van der Waals surface area contributed by atoms with Gasteiger partial charge in [0.2, 0.25) is 0 Å². The van der Waals surface area contributed by atoms with Crippen LogP contribution in [0.5, 0.6) is 0 Å². The highest BCUT2D eigenvalue weighted by molar-refractivity contribution is 5.55. The summed E-state index contributed by atoms with van der Waals surface area (Å²) in [6.07, 6.45) is 2.56. The number of aromatic amines is 1. The second-order valence-corrected chi connectivity index (χ2v) is 5.56. The molecule has 0 aliphatic heterocycles. The van der Waals surface area contributed by atoms with Gasteiger partial charge in [0.25, 0.3) is 0 Å². The van der Waals surface area contributed by atoms with E-state index in [0.717, 1.165) is 35.9 Å². The van der Waals surface area contributed by atoms with E-state index >= 15 is 0 Å². The van der Waals surface area contributed by atoms with Crippen LogP contribution in [0.25, 0.3) is 11.5 Å². The molecular formula is C14H21N3O. The number of imidazole rings is 1. The first-order valence-electron chi connectivity index (χ1n) is 6.30. The zero-order valence-electron chi connectivity index (χ0n) is 11.5. The number of hydrogen-bond acceptors (Lipinski definition) is 3. The van der Waals surface area contributed by atoms with Gasteiger partial charge >= 0.3 is 0 Å². The van der Waals surface area contributed by atoms with Crippen LogP contribution in [0.3, 0.4) is 0 Å². The zero-order valence-corrected chi connectivity index (χ0v) is 11.5. The van der Waals surface area contributed by atoms with Crippen molar-refractivity contribution < 1.29 is 4.42 Å². The SMILES string of the molecule is Cc1[nH]c(CCNC(C)(C)C)nc1-c1ccco1. The predicted octanol–water partition coefficient (Wildman–Crippen LogP) is 2.91. The van der Waals surface area contributed by atoms with Gasteiger partial charge in [-0.3, -0.25) is 0 Å². The smallest absolute Gasteiger partial charge is 0.154 e. The zero-order chi connectivity index (χ0) is 13.2. The number of rotatable bonds is 4. The molecule has 0 atom stereocenters. The van der Waals surface area contributed by atoms with E-state index in [1.807, 2.05) is 19.1 Å². The van der Waals surface area contributed by atoms with E-state index in [1.165, 1.54) is 0 Å². The lowest BCUT2D eigenvalue weighted by Gasteiger charge is -2.19. The van der Waals surface area contributed by atoms with E-state index in [1.54, 1.807) is 6.26 Å². The van der Waals surface area contributed by atoms with Crippen LogP contribution in [-0.2, 0) is 6.42 Å². The second kappa shape index (κ2) is 4.98. The van der Waals surface area contributed by atoms with Crippen LogP contribution >= 0.6 is 0 Å². The van der Waals surface area contributed by atoms with Gasteiger partial charge < -0.3 is 14.7 Å². The third-order valence-corrected chi connectivity index (χ3v) is 2.71. The molecule has 0 fully saturated rings. The first kappa shape index (κ1) is 12.9. The Morgan fingerprint density at radius 2 is 2.17 bits per heavy atom. The Morgan fingerprint density at radius 1 is 1.39 bits per heavy atom. The third-order valence-electron chi connectivity index (χ3n) is 2.71. The lowest BCUT2D eigenvalue weighted by atomic mass is 10.1. The van der Waals surface area contributed by atoms with Crippen LogP contribution < -0.4 is 5.32 Å². The summed E-state index contributed by atoms with van der Waals surface area (Å²) in [5.41, 5.74) is 2.10. The van der Waals surface area contributed by atoms with Crippen LogP contribution in [0, 0.1) is 6.92 Å². The Kier molecular flexibility index (Phi) is 3.57. The van der Waals surface area contributed by atoms with E-state index in [9.17, 15) is 0 Å². The molecule has 0 spiro atoms. The minimum Gasteiger partial charge on any atom is -0.463 e. The van der Waals surface area contributed by atoms with Crippen molar-refractivity contribution >= 4 is 0 Å². The Bertz CT molecular complexity index is 492. The molecule has 18 heavy (non-hydrogen) atoms. The summed E-state index contributed by atoms with van der Waals surface area (Å²) in [4.78, 5) is 7.89. The molecule has 0 aromatic carbocycles. The van der Waals surface area contributed by atoms with Gasteiger partial charge in [-0.1, -0.05) is 0 Å². The van der Waals surface area contributed by atoms with Crippen molar-refractivity contribution in [1.29, 1.82) is 0 Å². The van der Waals surface area contributed by atoms with E-state index in [4.69, 9.17) is 4.42 Å². The molecule has 0 aliphatic rings. The third kappa shape index (κ3) is 3.23. The van der Waals surface area contributed by atoms with Gasteiger partial charge in [0.15, 0.2) is 5.76 Å². The number of aromatic nitrogens is 2. The fourth-order valence-electron chi connectivity index (χ4n) is 1.85. The normalized spacial score (nSPS) is 12.0. The summed E-state index contributed by atoms with van der Waals surface area (Å²) >= 11 is 0. The van der Waals surface area contributed by atoms with E-state index < -0.39 is 0 Å². The molecule has 4 heteroatoms. The molecule has 0 aliphatic carbocycles. The van der Waals surface area contributed by atoms with E-state index in [-0.39, 0.29) is 5.54 Å². The lowest BCUT2D eigenvalue weighted by Crippen LogP contribution is -2.37. The summed E-state index contributed by atoms with van der Waals surface area (Å²) in [5.74, 6) is 1.81. The minimum atomic E-state index is 0.144. The van der Waals surface area contributed by atoms with Gasteiger partial charge in [-0.25, -0.2) is 4.98 Å². The fraction of sp³-hybridized carbons (Fsp3) is 0.500. The molecule has 98 valence electrons. The lowest BCUT2D eigenvalue weighted by molar-refractivity contribution is 0.427. The van der Waals surface area contributed by atoms with Crippen molar-refractivity contribution in [1.82, 2.24) is 15.3 Å². The van der Waals surface area contributed by atoms with Crippen LogP contribution in [0.15, 0.2) is 22.8 Å². The first-order chi connectivity index (χ1) is 8.46. The maximum Gasteiger partial charge on any atom is 0.154 e. The molecule has 0 amide bonds. The van der Waals surface area contributed by atoms with Crippen molar-refractivity contribution in [2.75, 3.05) is 6.54 Å². The Hall–Kier alpha value is -1.55. The Labute approximate surface area is 108 Å². The highest BCUT2D eigenvalue weighted by atomic mass is 16.3. The highest BCUT2D eigenvalue weighted by Gasteiger charge is 2.12. The molecule has 0 saturated heterocycles. The predicted molar refractivity (Wildman–Crippen MR) is 72.5 cm³/mol. The summed E-state index contributed by atoms with van der Waals surface area (Å²) in [7, 11) is 0. The second-order valence-electron chi connectivity index (χ2n) is 5.56. The highest BCUT2D eigenvalue weighted by Crippen LogP contribution is 2.21. The van der Waals surface area contributed by atoms with Crippen LogP contribution in [0.2, 0.25) is 0 Å². The van der Waals surface area contributed by atoms with Crippen molar-refractivity contribution in [3.8, 4) is 11.5 Å². The quantitative estimate of drug-likeness (QED) is 0.873. The number of furan rings is 1. The molecular weight excluding hydrogens is 226 g/mol. The monoisotopic (exact) mass is 247 g/mol. The van der Waals surface area contributed by atoms with E-state index in [0.29, 0.717) is 0 Å². The molecule has 2 heterocycles.